The van der Waals surface area contributed by atoms with E-state index in [9.17, 15) is 14.9 Å². The second-order valence-electron chi connectivity index (χ2n) is 4.99. The molecule has 0 aliphatic heterocycles. The number of hydrogen-bond acceptors (Lipinski definition) is 5. The number of esters is 1. The van der Waals surface area contributed by atoms with Crippen molar-refractivity contribution in [3.63, 3.8) is 0 Å². The summed E-state index contributed by atoms with van der Waals surface area (Å²) in [5.74, 6) is -0.0900. The van der Waals surface area contributed by atoms with Gasteiger partial charge in [0.2, 0.25) is 5.76 Å². The molecule has 0 aliphatic carbocycles. The summed E-state index contributed by atoms with van der Waals surface area (Å²) in [5, 5.41) is 10.7. The Balaban J connectivity index is 2.28. The molecule has 0 spiro atoms. The van der Waals surface area contributed by atoms with Gasteiger partial charge in [0.25, 0.3) is 5.69 Å². The van der Waals surface area contributed by atoms with Gasteiger partial charge in [-0.15, -0.1) is 0 Å². The van der Waals surface area contributed by atoms with Crippen LogP contribution in [-0.4, -0.2) is 17.5 Å². The molecule has 0 N–H and O–H groups in total. The lowest BCUT2D eigenvalue weighted by molar-refractivity contribution is -0.384. The second kappa shape index (κ2) is 7.92. The zero-order valence-electron chi connectivity index (χ0n) is 13.4. The number of carbonyl (C=O) groups is 1. The van der Waals surface area contributed by atoms with Gasteiger partial charge >= 0.3 is 5.97 Å². The van der Waals surface area contributed by atoms with Gasteiger partial charge in [-0.05, 0) is 49.8 Å². The second-order valence-corrected chi connectivity index (χ2v) is 4.99. The van der Waals surface area contributed by atoms with Gasteiger partial charge in [0.1, 0.15) is 5.75 Å². The fourth-order valence-corrected chi connectivity index (χ4v) is 1.91. The monoisotopic (exact) mass is 327 g/mol. The Morgan fingerprint density at radius 3 is 2.29 bits per heavy atom. The third-order valence-electron chi connectivity index (χ3n) is 3.13. The maximum absolute atomic E-state index is 12.1. The summed E-state index contributed by atoms with van der Waals surface area (Å²) in [6.07, 6.45) is 1.49. The lowest BCUT2D eigenvalue weighted by atomic mass is 10.2. The van der Waals surface area contributed by atoms with Gasteiger partial charge in [-0.1, -0.05) is 17.7 Å². The number of non-ortho nitro benzene ring substituents is 1. The van der Waals surface area contributed by atoms with Crippen molar-refractivity contribution in [3.8, 4) is 5.75 Å². The van der Waals surface area contributed by atoms with Crippen LogP contribution in [-0.2, 0) is 9.53 Å². The first-order chi connectivity index (χ1) is 11.5. The van der Waals surface area contributed by atoms with Crippen molar-refractivity contribution in [2.24, 2.45) is 0 Å². The standard InChI is InChI=1S/C18H17NO5/c1-3-23-18(20)17(24-16-10-4-13(2)5-11-16)12-14-6-8-15(9-7-14)19(21)22/h4-12H,3H2,1-2H3/b17-12-. The molecule has 2 aromatic rings. The Hall–Kier alpha value is -3.15. The highest BCUT2D eigenvalue weighted by Gasteiger charge is 2.14. The van der Waals surface area contributed by atoms with E-state index in [1.54, 1.807) is 19.1 Å². The largest absolute Gasteiger partial charge is 0.460 e. The van der Waals surface area contributed by atoms with Gasteiger partial charge in [0.15, 0.2) is 0 Å². The summed E-state index contributed by atoms with van der Waals surface area (Å²) in [6.45, 7) is 3.86. The van der Waals surface area contributed by atoms with Crippen molar-refractivity contribution in [3.05, 3.63) is 75.5 Å². The minimum Gasteiger partial charge on any atom is -0.460 e. The van der Waals surface area contributed by atoms with Crippen molar-refractivity contribution in [1.29, 1.82) is 0 Å². The summed E-state index contributed by atoms with van der Waals surface area (Å²) >= 11 is 0. The number of nitrogens with zero attached hydrogens (tertiary/aromatic N) is 1. The van der Waals surface area contributed by atoms with Crippen molar-refractivity contribution in [2.75, 3.05) is 6.61 Å². The van der Waals surface area contributed by atoms with Gasteiger partial charge < -0.3 is 9.47 Å². The number of aryl methyl sites for hydroxylation is 1. The topological polar surface area (TPSA) is 78.7 Å². The summed E-state index contributed by atoms with van der Waals surface area (Å²) in [7, 11) is 0. The first-order valence-electron chi connectivity index (χ1n) is 7.37. The Bertz CT molecular complexity index is 748. The molecule has 6 nitrogen and oxygen atoms in total. The van der Waals surface area contributed by atoms with Gasteiger partial charge in [0.05, 0.1) is 11.5 Å². The van der Waals surface area contributed by atoms with E-state index in [0.29, 0.717) is 11.3 Å². The molecular formula is C18H17NO5. The highest BCUT2D eigenvalue weighted by atomic mass is 16.6. The van der Waals surface area contributed by atoms with Gasteiger partial charge in [-0.25, -0.2) is 4.79 Å². The molecule has 0 unspecified atom stereocenters. The summed E-state index contributed by atoms with van der Waals surface area (Å²) in [5.41, 5.74) is 1.64. The molecule has 0 fully saturated rings. The van der Waals surface area contributed by atoms with Crippen molar-refractivity contribution >= 4 is 17.7 Å². The third kappa shape index (κ3) is 4.67. The van der Waals surface area contributed by atoms with Crippen LogP contribution in [0.15, 0.2) is 54.3 Å². The van der Waals surface area contributed by atoms with E-state index < -0.39 is 10.9 Å². The average molecular weight is 327 g/mol. The van der Waals surface area contributed by atoms with E-state index in [-0.39, 0.29) is 18.1 Å². The van der Waals surface area contributed by atoms with Crippen LogP contribution >= 0.6 is 0 Å². The molecule has 0 bridgehead atoms. The van der Waals surface area contributed by atoms with Crippen LogP contribution in [0.5, 0.6) is 5.75 Å². The highest BCUT2D eigenvalue weighted by molar-refractivity contribution is 5.92. The maximum atomic E-state index is 12.1. The lowest BCUT2D eigenvalue weighted by Crippen LogP contribution is -2.12. The highest BCUT2D eigenvalue weighted by Crippen LogP contribution is 2.19. The van der Waals surface area contributed by atoms with Gasteiger partial charge in [0, 0.05) is 12.1 Å². The van der Waals surface area contributed by atoms with Crippen LogP contribution in [0.2, 0.25) is 0 Å². The molecule has 0 aromatic heterocycles. The van der Waals surface area contributed by atoms with E-state index in [2.05, 4.69) is 0 Å². The number of rotatable bonds is 6. The van der Waals surface area contributed by atoms with Gasteiger partial charge in [-0.2, -0.15) is 0 Å². The lowest BCUT2D eigenvalue weighted by Gasteiger charge is -2.09. The Kier molecular flexibility index (Phi) is 5.68. The smallest absolute Gasteiger partial charge is 0.374 e. The molecule has 24 heavy (non-hydrogen) atoms. The van der Waals surface area contributed by atoms with Crippen LogP contribution in [0.4, 0.5) is 5.69 Å². The number of benzene rings is 2. The third-order valence-corrected chi connectivity index (χ3v) is 3.13. The fraction of sp³-hybridized carbons (Fsp3) is 0.167. The number of hydrogen-bond donors (Lipinski definition) is 0. The molecule has 2 rings (SSSR count). The maximum Gasteiger partial charge on any atom is 0.374 e. The SMILES string of the molecule is CCOC(=O)/C(=C/c1ccc([N+](=O)[O-])cc1)Oc1ccc(C)cc1. The Morgan fingerprint density at radius 2 is 1.75 bits per heavy atom. The molecule has 0 atom stereocenters. The zero-order valence-corrected chi connectivity index (χ0v) is 13.4. The molecule has 0 radical (unpaired) electrons. The zero-order chi connectivity index (χ0) is 17.5. The average Bonchev–Trinajstić information content (AvgIpc) is 2.57. The quantitative estimate of drug-likeness (QED) is 0.264. The molecule has 2 aromatic carbocycles. The van der Waals surface area contributed by atoms with E-state index >= 15 is 0 Å². The number of carbonyl (C=O) groups excluding carboxylic acids is 1. The van der Waals surface area contributed by atoms with E-state index in [0.717, 1.165) is 5.56 Å². The summed E-state index contributed by atoms with van der Waals surface area (Å²) in [6, 6.07) is 13.0. The molecule has 0 saturated carbocycles. The van der Waals surface area contributed by atoms with E-state index in [1.807, 2.05) is 19.1 Å². The van der Waals surface area contributed by atoms with E-state index in [4.69, 9.17) is 9.47 Å². The predicted molar refractivity (Wildman–Crippen MR) is 89.5 cm³/mol. The normalized spacial score (nSPS) is 11.0. The molecule has 0 amide bonds. The predicted octanol–water partition coefficient (Wildman–Crippen LogP) is 3.89. The molecule has 0 saturated heterocycles. The molecular weight excluding hydrogens is 310 g/mol. The van der Waals surface area contributed by atoms with Crippen LogP contribution < -0.4 is 4.74 Å². The van der Waals surface area contributed by atoms with Crippen molar-refractivity contribution < 1.29 is 19.2 Å². The minimum absolute atomic E-state index is 0.00885. The molecule has 0 heterocycles. The minimum atomic E-state index is -0.601. The fourth-order valence-electron chi connectivity index (χ4n) is 1.91. The van der Waals surface area contributed by atoms with Gasteiger partial charge in [-0.3, -0.25) is 10.1 Å². The van der Waals surface area contributed by atoms with Crippen molar-refractivity contribution in [1.82, 2.24) is 0 Å². The Labute approximate surface area is 139 Å². The number of ether oxygens (including phenoxy) is 2. The van der Waals surface area contributed by atoms with E-state index in [1.165, 1.54) is 30.3 Å². The van der Waals surface area contributed by atoms with Crippen LogP contribution in [0.25, 0.3) is 6.08 Å². The van der Waals surface area contributed by atoms with Crippen LogP contribution in [0.3, 0.4) is 0 Å². The van der Waals surface area contributed by atoms with Crippen molar-refractivity contribution in [2.45, 2.75) is 13.8 Å². The summed E-state index contributed by atoms with van der Waals surface area (Å²) in [4.78, 5) is 22.3. The Morgan fingerprint density at radius 1 is 1.12 bits per heavy atom. The first kappa shape index (κ1) is 17.2. The summed E-state index contributed by atoms with van der Waals surface area (Å²) < 4.78 is 10.6. The number of nitro groups is 1. The van der Waals surface area contributed by atoms with Crippen LogP contribution in [0, 0.1) is 17.0 Å². The number of nitro benzene ring substituents is 1. The van der Waals surface area contributed by atoms with Crippen LogP contribution in [0.1, 0.15) is 18.1 Å². The molecule has 0 aliphatic rings. The molecule has 6 heteroatoms. The first-order valence-corrected chi connectivity index (χ1v) is 7.37. The molecule has 124 valence electrons.